The Morgan fingerprint density at radius 3 is 2.89 bits per heavy atom. The second-order valence-corrected chi connectivity index (χ2v) is 4.43. The highest BCUT2D eigenvalue weighted by Gasteiger charge is 2.16. The van der Waals surface area contributed by atoms with Gasteiger partial charge >= 0.3 is 5.97 Å². The molecule has 0 aliphatic rings. The number of nitrogens with one attached hydrogen (secondary N) is 1. The third kappa shape index (κ3) is 2.82. The van der Waals surface area contributed by atoms with E-state index in [-0.39, 0.29) is 11.8 Å². The van der Waals surface area contributed by atoms with E-state index in [1.165, 1.54) is 0 Å². The van der Waals surface area contributed by atoms with Gasteiger partial charge < -0.3 is 19.4 Å². The molecule has 2 rings (SSSR count). The zero-order valence-corrected chi connectivity index (χ0v) is 11.0. The van der Waals surface area contributed by atoms with Crippen LogP contribution in [0.1, 0.15) is 40.7 Å². The SMILES string of the molecule is Cc1cc(CNC(C)c2nncn2C)oc1C(=O)O. The van der Waals surface area contributed by atoms with Gasteiger partial charge in [-0.1, -0.05) is 0 Å². The summed E-state index contributed by atoms with van der Waals surface area (Å²) in [5, 5.41) is 19.9. The van der Waals surface area contributed by atoms with Gasteiger partial charge in [0, 0.05) is 12.6 Å². The van der Waals surface area contributed by atoms with Crippen LogP contribution in [0.3, 0.4) is 0 Å². The van der Waals surface area contributed by atoms with Gasteiger partial charge in [-0.2, -0.15) is 0 Å². The fourth-order valence-corrected chi connectivity index (χ4v) is 1.88. The Hall–Kier alpha value is -2.15. The predicted molar refractivity (Wildman–Crippen MR) is 66.7 cm³/mol. The molecule has 7 heteroatoms. The predicted octanol–water partition coefficient (Wildman–Crippen LogP) is 1.27. The van der Waals surface area contributed by atoms with Gasteiger partial charge in [0.2, 0.25) is 5.76 Å². The Kier molecular flexibility index (Phi) is 3.66. The Balaban J connectivity index is 2.01. The lowest BCUT2D eigenvalue weighted by atomic mass is 10.2. The van der Waals surface area contributed by atoms with Crippen molar-refractivity contribution in [3.05, 3.63) is 35.3 Å². The Morgan fingerprint density at radius 1 is 1.63 bits per heavy atom. The van der Waals surface area contributed by atoms with Crippen LogP contribution >= 0.6 is 0 Å². The third-order valence-corrected chi connectivity index (χ3v) is 2.88. The first-order chi connectivity index (χ1) is 8.99. The van der Waals surface area contributed by atoms with Crippen molar-refractivity contribution in [3.8, 4) is 0 Å². The number of furan rings is 1. The Labute approximate surface area is 110 Å². The molecular weight excluding hydrogens is 248 g/mol. The molecular formula is C12H16N4O3. The molecule has 0 spiro atoms. The van der Waals surface area contributed by atoms with E-state index in [2.05, 4.69) is 15.5 Å². The van der Waals surface area contributed by atoms with E-state index in [4.69, 9.17) is 9.52 Å². The summed E-state index contributed by atoms with van der Waals surface area (Å²) in [4.78, 5) is 10.9. The zero-order valence-electron chi connectivity index (χ0n) is 11.0. The lowest BCUT2D eigenvalue weighted by molar-refractivity contribution is 0.0659. The van der Waals surface area contributed by atoms with Crippen LogP contribution < -0.4 is 5.32 Å². The molecule has 0 aliphatic carbocycles. The second-order valence-electron chi connectivity index (χ2n) is 4.43. The molecule has 1 unspecified atom stereocenters. The summed E-state index contributed by atoms with van der Waals surface area (Å²) < 4.78 is 7.10. The number of aryl methyl sites for hydroxylation is 2. The first kappa shape index (κ1) is 13.3. The van der Waals surface area contributed by atoms with E-state index in [0.717, 1.165) is 5.82 Å². The minimum Gasteiger partial charge on any atom is -0.475 e. The summed E-state index contributed by atoms with van der Waals surface area (Å²) in [6, 6.07) is 1.71. The Morgan fingerprint density at radius 2 is 2.37 bits per heavy atom. The van der Waals surface area contributed by atoms with Crippen molar-refractivity contribution in [2.24, 2.45) is 7.05 Å². The number of hydrogen-bond acceptors (Lipinski definition) is 5. The van der Waals surface area contributed by atoms with Crippen LogP contribution in [0.2, 0.25) is 0 Å². The fourth-order valence-electron chi connectivity index (χ4n) is 1.88. The molecule has 0 amide bonds. The highest BCUT2D eigenvalue weighted by molar-refractivity contribution is 5.86. The molecule has 2 N–H and O–H groups in total. The molecule has 0 saturated carbocycles. The molecule has 0 fully saturated rings. The van der Waals surface area contributed by atoms with E-state index in [1.54, 1.807) is 19.3 Å². The van der Waals surface area contributed by atoms with Crippen LogP contribution in [-0.2, 0) is 13.6 Å². The monoisotopic (exact) mass is 264 g/mol. The van der Waals surface area contributed by atoms with Crippen molar-refractivity contribution in [1.82, 2.24) is 20.1 Å². The van der Waals surface area contributed by atoms with E-state index in [9.17, 15) is 4.79 Å². The van der Waals surface area contributed by atoms with Crippen LogP contribution in [0.5, 0.6) is 0 Å². The number of aromatic carboxylic acids is 1. The maximum absolute atomic E-state index is 10.9. The molecule has 0 aliphatic heterocycles. The molecule has 0 bridgehead atoms. The van der Waals surface area contributed by atoms with E-state index in [1.807, 2.05) is 18.5 Å². The molecule has 2 heterocycles. The average Bonchev–Trinajstić information content (AvgIpc) is 2.92. The highest BCUT2D eigenvalue weighted by Crippen LogP contribution is 2.16. The maximum atomic E-state index is 10.9. The maximum Gasteiger partial charge on any atom is 0.372 e. The zero-order chi connectivity index (χ0) is 14.0. The third-order valence-electron chi connectivity index (χ3n) is 2.88. The number of carboxylic acids is 1. The van der Waals surface area contributed by atoms with Crippen molar-refractivity contribution in [2.45, 2.75) is 26.4 Å². The van der Waals surface area contributed by atoms with E-state index >= 15 is 0 Å². The molecule has 2 aromatic rings. The van der Waals surface area contributed by atoms with Crippen molar-refractivity contribution in [2.75, 3.05) is 0 Å². The Bertz CT molecular complexity index is 588. The van der Waals surface area contributed by atoms with Crippen LogP contribution in [0.15, 0.2) is 16.8 Å². The number of nitrogens with zero attached hydrogens (tertiary/aromatic N) is 3. The number of aromatic nitrogens is 3. The summed E-state index contributed by atoms with van der Waals surface area (Å²) in [6.45, 7) is 4.10. The average molecular weight is 264 g/mol. The highest BCUT2D eigenvalue weighted by atomic mass is 16.4. The molecule has 102 valence electrons. The summed E-state index contributed by atoms with van der Waals surface area (Å²) in [5.41, 5.74) is 0.621. The number of rotatable bonds is 5. The van der Waals surface area contributed by atoms with Gasteiger partial charge in [0.05, 0.1) is 12.6 Å². The molecule has 19 heavy (non-hydrogen) atoms. The van der Waals surface area contributed by atoms with Crippen molar-refractivity contribution in [1.29, 1.82) is 0 Å². The van der Waals surface area contributed by atoms with Gasteiger partial charge in [-0.15, -0.1) is 10.2 Å². The molecule has 0 aromatic carbocycles. The van der Waals surface area contributed by atoms with E-state index in [0.29, 0.717) is 17.9 Å². The summed E-state index contributed by atoms with van der Waals surface area (Å²) in [6.07, 6.45) is 1.63. The molecule has 2 aromatic heterocycles. The van der Waals surface area contributed by atoms with Crippen molar-refractivity contribution < 1.29 is 14.3 Å². The first-order valence-corrected chi connectivity index (χ1v) is 5.89. The van der Waals surface area contributed by atoms with Gasteiger partial charge in [-0.25, -0.2) is 4.79 Å². The van der Waals surface area contributed by atoms with Gasteiger partial charge in [0.1, 0.15) is 17.9 Å². The topological polar surface area (TPSA) is 93.2 Å². The van der Waals surface area contributed by atoms with Crippen molar-refractivity contribution >= 4 is 5.97 Å². The quantitative estimate of drug-likeness (QED) is 0.844. The fraction of sp³-hybridized carbons (Fsp3) is 0.417. The number of hydrogen-bond donors (Lipinski definition) is 2. The molecule has 0 radical (unpaired) electrons. The minimum atomic E-state index is -1.05. The van der Waals surface area contributed by atoms with Crippen LogP contribution in [-0.4, -0.2) is 25.8 Å². The summed E-state index contributed by atoms with van der Waals surface area (Å²) >= 11 is 0. The van der Waals surface area contributed by atoms with Gasteiger partial charge in [-0.3, -0.25) is 0 Å². The lowest BCUT2D eigenvalue weighted by Crippen LogP contribution is -2.20. The molecule has 7 nitrogen and oxygen atoms in total. The largest absolute Gasteiger partial charge is 0.475 e. The van der Waals surface area contributed by atoms with Crippen LogP contribution in [0.25, 0.3) is 0 Å². The summed E-state index contributed by atoms with van der Waals surface area (Å²) in [7, 11) is 1.87. The number of carbonyl (C=O) groups is 1. The van der Waals surface area contributed by atoms with E-state index < -0.39 is 5.97 Å². The standard InChI is InChI=1S/C12H16N4O3/c1-7-4-9(19-10(7)12(17)18)5-13-8(2)11-15-14-6-16(11)3/h4,6,8,13H,5H2,1-3H3,(H,17,18). The van der Waals surface area contributed by atoms with Crippen LogP contribution in [0, 0.1) is 6.92 Å². The van der Waals surface area contributed by atoms with Gasteiger partial charge in [0.15, 0.2) is 0 Å². The number of carboxylic acid groups (broad SMARTS) is 1. The smallest absolute Gasteiger partial charge is 0.372 e. The van der Waals surface area contributed by atoms with Gasteiger partial charge in [0.25, 0.3) is 0 Å². The van der Waals surface area contributed by atoms with Gasteiger partial charge in [-0.05, 0) is 19.9 Å². The lowest BCUT2D eigenvalue weighted by Gasteiger charge is -2.11. The normalized spacial score (nSPS) is 12.6. The van der Waals surface area contributed by atoms with Crippen LogP contribution in [0.4, 0.5) is 0 Å². The minimum absolute atomic E-state index is 0.00816. The first-order valence-electron chi connectivity index (χ1n) is 5.89. The summed E-state index contributed by atoms with van der Waals surface area (Å²) in [5.74, 6) is 0.332. The van der Waals surface area contributed by atoms with Crippen molar-refractivity contribution in [3.63, 3.8) is 0 Å². The molecule has 1 atom stereocenters. The molecule has 0 saturated heterocycles. The second kappa shape index (κ2) is 5.23.